The summed E-state index contributed by atoms with van der Waals surface area (Å²) < 4.78 is 27.1. The highest BCUT2D eigenvalue weighted by Gasteiger charge is 2.23. The number of nitrogens with zero attached hydrogens (tertiary/aromatic N) is 2. The van der Waals surface area contributed by atoms with Crippen molar-refractivity contribution >= 4 is 11.8 Å². The Morgan fingerprint density at radius 1 is 0.846 bits per heavy atom. The molecule has 0 spiro atoms. The molecular weight excluding hydrogens is 502 g/mol. The van der Waals surface area contributed by atoms with Crippen molar-refractivity contribution in [1.82, 2.24) is 15.4 Å². The monoisotopic (exact) mass is 533 g/mol. The van der Waals surface area contributed by atoms with E-state index in [4.69, 9.17) is 23.5 Å². The Hall–Kier alpha value is -4.21. The third-order valence-corrected chi connectivity index (χ3v) is 7.43. The summed E-state index contributed by atoms with van der Waals surface area (Å²) >= 11 is 0. The predicted molar refractivity (Wildman–Crippen MR) is 138 cm³/mol. The van der Waals surface area contributed by atoms with Gasteiger partial charge in [0, 0.05) is 25.6 Å². The van der Waals surface area contributed by atoms with Gasteiger partial charge in [0.2, 0.25) is 19.5 Å². The average molecular weight is 534 g/mol. The summed E-state index contributed by atoms with van der Waals surface area (Å²) in [6.07, 6.45) is 6.26. The van der Waals surface area contributed by atoms with Gasteiger partial charge in [0.05, 0.1) is 6.54 Å². The third-order valence-electron chi connectivity index (χ3n) is 7.43. The molecule has 0 radical (unpaired) electrons. The lowest BCUT2D eigenvalue weighted by Crippen LogP contribution is -2.30. The fourth-order valence-corrected chi connectivity index (χ4v) is 5.28. The van der Waals surface area contributed by atoms with E-state index in [1.807, 2.05) is 36.4 Å². The molecule has 0 atom stereocenters. The number of ether oxygens (including phenoxy) is 4. The fourth-order valence-electron chi connectivity index (χ4n) is 5.28. The number of nitrogens with one attached hydrogen (secondary N) is 1. The topological polar surface area (TPSA) is 112 Å². The number of carbonyl (C=O) groups is 2. The summed E-state index contributed by atoms with van der Waals surface area (Å²) in [5.74, 6) is 3.46. The number of aromatic nitrogens is 1. The molecule has 204 valence electrons. The van der Waals surface area contributed by atoms with Crippen LogP contribution in [0.3, 0.4) is 0 Å². The second-order valence-corrected chi connectivity index (χ2v) is 10.2. The molecule has 1 aliphatic carbocycles. The number of hydrogen-bond donors (Lipinski definition) is 1. The van der Waals surface area contributed by atoms with Gasteiger partial charge in [0.25, 0.3) is 5.91 Å². The third kappa shape index (κ3) is 5.94. The van der Waals surface area contributed by atoms with Gasteiger partial charge < -0.3 is 33.7 Å². The summed E-state index contributed by atoms with van der Waals surface area (Å²) in [6.45, 7) is 1.28. The van der Waals surface area contributed by atoms with Crippen molar-refractivity contribution in [1.29, 1.82) is 0 Å². The van der Waals surface area contributed by atoms with Crippen molar-refractivity contribution in [2.24, 2.45) is 5.92 Å². The Balaban J connectivity index is 1.10. The highest BCUT2D eigenvalue weighted by molar-refractivity contribution is 5.92. The lowest BCUT2D eigenvalue weighted by Gasteiger charge is -2.22. The maximum absolute atomic E-state index is 13.3. The summed E-state index contributed by atoms with van der Waals surface area (Å²) in [7, 11) is 0. The van der Waals surface area contributed by atoms with Crippen LogP contribution in [0.1, 0.15) is 65.9 Å². The molecule has 6 rings (SSSR count). The van der Waals surface area contributed by atoms with Crippen LogP contribution in [0.25, 0.3) is 0 Å². The van der Waals surface area contributed by atoms with Gasteiger partial charge in [-0.1, -0.05) is 43.0 Å². The first-order valence-electron chi connectivity index (χ1n) is 13.4. The van der Waals surface area contributed by atoms with E-state index in [0.29, 0.717) is 54.2 Å². The summed E-state index contributed by atoms with van der Waals surface area (Å²) in [6, 6.07) is 12.8. The van der Waals surface area contributed by atoms with Crippen molar-refractivity contribution < 1.29 is 33.1 Å². The van der Waals surface area contributed by atoms with Crippen molar-refractivity contribution in [3.63, 3.8) is 0 Å². The normalized spacial score (nSPS) is 15.5. The Kier molecular flexibility index (Phi) is 7.25. The maximum Gasteiger partial charge on any atom is 0.273 e. The first kappa shape index (κ1) is 25.1. The van der Waals surface area contributed by atoms with E-state index < -0.39 is 0 Å². The molecule has 3 aliphatic rings. The van der Waals surface area contributed by atoms with E-state index in [-0.39, 0.29) is 37.6 Å². The summed E-state index contributed by atoms with van der Waals surface area (Å²) in [4.78, 5) is 27.8. The van der Waals surface area contributed by atoms with Crippen molar-refractivity contribution in [2.45, 2.75) is 58.2 Å². The van der Waals surface area contributed by atoms with E-state index in [2.05, 4.69) is 10.5 Å². The largest absolute Gasteiger partial charge is 0.454 e. The number of hydrogen-bond acceptors (Lipinski definition) is 8. The molecule has 1 fully saturated rings. The van der Waals surface area contributed by atoms with Crippen LogP contribution in [-0.2, 0) is 24.4 Å². The molecule has 2 aliphatic heterocycles. The zero-order valence-electron chi connectivity index (χ0n) is 21.6. The quantitative estimate of drug-likeness (QED) is 0.404. The molecule has 39 heavy (non-hydrogen) atoms. The van der Waals surface area contributed by atoms with Crippen molar-refractivity contribution in [3.8, 4) is 23.0 Å². The van der Waals surface area contributed by atoms with Gasteiger partial charge in [0.1, 0.15) is 0 Å². The number of fused-ring (bicyclic) bond motifs is 2. The Labute approximate surface area is 226 Å². The minimum atomic E-state index is -0.363. The maximum atomic E-state index is 13.3. The number of carbonyl (C=O) groups excluding carboxylic acids is 2. The molecular formula is C29H31N3O7. The lowest BCUT2D eigenvalue weighted by molar-refractivity contribution is -0.133. The second-order valence-electron chi connectivity index (χ2n) is 10.2. The highest BCUT2D eigenvalue weighted by atomic mass is 16.7. The van der Waals surface area contributed by atoms with Crippen LogP contribution in [0, 0.1) is 5.92 Å². The van der Waals surface area contributed by atoms with Crippen molar-refractivity contribution in [3.05, 3.63) is 65.0 Å². The standard InChI is InChI=1S/C29H31N3O7/c33-28(10-7-19-3-1-2-4-19)32(15-21-6-9-25-27(12-21)38-18-36-25)16-22-13-23(31-39-22)29(34)30-14-20-5-8-24-26(11-20)37-17-35-24/h5-6,8-9,11-13,19H,1-4,7,10,14-18H2,(H,30,34). The molecule has 2 aromatic carbocycles. The summed E-state index contributed by atoms with van der Waals surface area (Å²) in [5, 5.41) is 6.80. The van der Waals surface area contributed by atoms with Crippen molar-refractivity contribution in [2.75, 3.05) is 13.6 Å². The molecule has 3 heterocycles. The van der Waals surface area contributed by atoms with Crippen LogP contribution < -0.4 is 24.3 Å². The van der Waals surface area contributed by atoms with Gasteiger partial charge in [-0.25, -0.2) is 0 Å². The zero-order chi connectivity index (χ0) is 26.6. The van der Waals surface area contributed by atoms with Crippen LogP contribution in [-0.4, -0.2) is 35.5 Å². The number of benzene rings is 2. The molecule has 1 saturated carbocycles. The Morgan fingerprint density at radius 3 is 2.26 bits per heavy atom. The Morgan fingerprint density at radius 2 is 1.51 bits per heavy atom. The molecule has 0 saturated heterocycles. The smallest absolute Gasteiger partial charge is 0.273 e. The van der Waals surface area contributed by atoms with E-state index in [1.54, 1.807) is 11.0 Å². The van der Waals surface area contributed by atoms with Crippen LogP contribution in [0.4, 0.5) is 0 Å². The Bertz CT molecular complexity index is 1350. The van der Waals surface area contributed by atoms with Gasteiger partial charge in [0.15, 0.2) is 34.5 Å². The van der Waals surface area contributed by atoms with Crippen LogP contribution in [0.15, 0.2) is 47.0 Å². The average Bonchev–Trinajstić information content (AvgIpc) is 3.77. The van der Waals surface area contributed by atoms with E-state index >= 15 is 0 Å². The fraction of sp³-hybridized carbons (Fsp3) is 0.414. The van der Waals surface area contributed by atoms with Gasteiger partial charge >= 0.3 is 0 Å². The van der Waals surface area contributed by atoms with Gasteiger partial charge in [-0.3, -0.25) is 9.59 Å². The molecule has 1 aromatic heterocycles. The van der Waals surface area contributed by atoms with Gasteiger partial charge in [-0.05, 0) is 47.7 Å². The molecule has 10 nitrogen and oxygen atoms in total. The molecule has 0 unspecified atom stereocenters. The molecule has 0 bridgehead atoms. The van der Waals surface area contributed by atoms with Gasteiger partial charge in [-0.15, -0.1) is 0 Å². The van der Waals surface area contributed by atoms with E-state index in [9.17, 15) is 9.59 Å². The van der Waals surface area contributed by atoms with Gasteiger partial charge in [-0.2, -0.15) is 0 Å². The predicted octanol–water partition coefficient (Wildman–Crippen LogP) is 4.56. The highest BCUT2D eigenvalue weighted by Crippen LogP contribution is 2.34. The molecule has 10 heteroatoms. The summed E-state index contributed by atoms with van der Waals surface area (Å²) in [5.41, 5.74) is 1.96. The second kappa shape index (κ2) is 11.3. The molecule has 3 aromatic rings. The van der Waals surface area contributed by atoms with Crippen LogP contribution >= 0.6 is 0 Å². The first-order valence-corrected chi connectivity index (χ1v) is 13.4. The molecule has 1 N–H and O–H groups in total. The molecule has 2 amide bonds. The van der Waals surface area contributed by atoms with Crippen LogP contribution in [0.5, 0.6) is 23.0 Å². The number of rotatable bonds is 10. The van der Waals surface area contributed by atoms with E-state index in [0.717, 1.165) is 17.5 Å². The SMILES string of the molecule is O=C(NCc1ccc2c(c1)OCO2)c1cc(CN(Cc2ccc3c(c2)OCO3)C(=O)CCC2CCCC2)on1. The minimum absolute atomic E-state index is 0.0461. The minimum Gasteiger partial charge on any atom is -0.454 e. The van der Waals surface area contributed by atoms with E-state index in [1.165, 1.54) is 25.7 Å². The first-order chi connectivity index (χ1) is 19.1. The zero-order valence-corrected chi connectivity index (χ0v) is 21.6. The lowest BCUT2D eigenvalue weighted by atomic mass is 10.0. The van der Waals surface area contributed by atoms with Crippen LogP contribution in [0.2, 0.25) is 0 Å². The number of amides is 2.